The normalized spacial score (nSPS) is 44.9. The van der Waals surface area contributed by atoms with E-state index < -0.39 is 0 Å². The van der Waals surface area contributed by atoms with E-state index in [1.54, 1.807) is 0 Å². The van der Waals surface area contributed by atoms with Gasteiger partial charge in [0.2, 0.25) is 0 Å². The third-order valence-electron chi connectivity index (χ3n) is 4.08. The highest BCUT2D eigenvalue weighted by atomic mass is 16.1. The maximum atomic E-state index is 11.7. The van der Waals surface area contributed by atoms with Gasteiger partial charge in [0.05, 0.1) is 0 Å². The Morgan fingerprint density at radius 2 is 1.83 bits per heavy atom. The minimum absolute atomic E-state index is 0.280. The molecular formula is C11H18O. The van der Waals surface area contributed by atoms with Gasteiger partial charge in [0.25, 0.3) is 0 Å². The first kappa shape index (κ1) is 8.28. The molecule has 2 aliphatic rings. The van der Waals surface area contributed by atoms with Crippen LogP contribution in [0.3, 0.4) is 0 Å². The summed E-state index contributed by atoms with van der Waals surface area (Å²) in [6.07, 6.45) is 4.47. The Morgan fingerprint density at radius 1 is 1.17 bits per heavy atom. The van der Waals surface area contributed by atoms with E-state index in [9.17, 15) is 4.79 Å². The first-order chi connectivity index (χ1) is 5.46. The van der Waals surface area contributed by atoms with E-state index in [0.29, 0.717) is 17.1 Å². The van der Waals surface area contributed by atoms with Crippen LogP contribution in [0.15, 0.2) is 0 Å². The lowest BCUT2D eigenvalue weighted by atomic mass is 9.73. The molecule has 0 bridgehead atoms. The first-order valence-electron chi connectivity index (χ1n) is 4.98. The lowest BCUT2D eigenvalue weighted by Gasteiger charge is -2.29. The second-order valence-corrected chi connectivity index (χ2v) is 5.54. The van der Waals surface area contributed by atoms with Gasteiger partial charge in [-0.2, -0.15) is 0 Å². The van der Waals surface area contributed by atoms with Crippen LogP contribution in [-0.2, 0) is 4.79 Å². The fraction of sp³-hybridized carbons (Fsp3) is 0.909. The van der Waals surface area contributed by atoms with Gasteiger partial charge in [0.15, 0.2) is 0 Å². The molecule has 12 heavy (non-hydrogen) atoms. The van der Waals surface area contributed by atoms with Gasteiger partial charge < -0.3 is 0 Å². The highest BCUT2D eigenvalue weighted by molar-refractivity contribution is 5.85. The number of hydrogen-bond donors (Lipinski definition) is 0. The lowest BCUT2D eigenvalue weighted by Crippen LogP contribution is -2.29. The molecule has 68 valence electrons. The zero-order chi connectivity index (χ0) is 8.98. The zero-order valence-electron chi connectivity index (χ0n) is 8.31. The molecule has 0 aromatic rings. The van der Waals surface area contributed by atoms with Crippen LogP contribution in [0.4, 0.5) is 0 Å². The first-order valence-corrected chi connectivity index (χ1v) is 4.98. The summed E-state index contributed by atoms with van der Waals surface area (Å²) in [5, 5.41) is 0. The van der Waals surface area contributed by atoms with Crippen molar-refractivity contribution < 1.29 is 4.79 Å². The number of rotatable bonds is 0. The van der Waals surface area contributed by atoms with Crippen LogP contribution in [0.5, 0.6) is 0 Å². The molecule has 0 N–H and O–H groups in total. The van der Waals surface area contributed by atoms with E-state index in [4.69, 9.17) is 0 Å². The van der Waals surface area contributed by atoms with Crippen molar-refractivity contribution in [2.45, 2.75) is 46.5 Å². The van der Waals surface area contributed by atoms with Gasteiger partial charge in [-0.05, 0) is 30.1 Å². The molecule has 2 rings (SSSR count). The average molecular weight is 166 g/mol. The van der Waals surface area contributed by atoms with Gasteiger partial charge in [-0.25, -0.2) is 0 Å². The number of Topliss-reactive ketones (excluding diaryl/α,β-unsaturated/α-hetero) is 1. The van der Waals surface area contributed by atoms with Gasteiger partial charge >= 0.3 is 0 Å². The monoisotopic (exact) mass is 166 g/mol. The summed E-state index contributed by atoms with van der Waals surface area (Å²) in [5.74, 6) is 0.894. The largest absolute Gasteiger partial charge is 0.299 e. The maximum Gasteiger partial charge on any atom is 0.137 e. The summed E-state index contributed by atoms with van der Waals surface area (Å²) >= 11 is 0. The molecule has 0 aromatic carbocycles. The predicted molar refractivity (Wildman–Crippen MR) is 48.9 cm³/mol. The van der Waals surface area contributed by atoms with Crippen LogP contribution >= 0.6 is 0 Å². The van der Waals surface area contributed by atoms with Gasteiger partial charge in [-0.3, -0.25) is 4.79 Å². The molecule has 2 unspecified atom stereocenters. The van der Waals surface area contributed by atoms with Crippen molar-refractivity contribution in [2.24, 2.45) is 16.7 Å². The van der Waals surface area contributed by atoms with Crippen molar-refractivity contribution in [1.82, 2.24) is 0 Å². The predicted octanol–water partition coefficient (Wildman–Crippen LogP) is 2.79. The van der Waals surface area contributed by atoms with Crippen LogP contribution in [0.1, 0.15) is 46.5 Å². The standard InChI is InChI=1S/C11H18O/c1-10(2)6-7-11(3)5-4-8(12)9(10)11/h9H,4-7H2,1-3H3. The SMILES string of the molecule is CC1(C)CCC2(C)CCC(=O)C12. The Kier molecular flexibility index (Phi) is 1.47. The van der Waals surface area contributed by atoms with Gasteiger partial charge in [0.1, 0.15) is 5.78 Å². The highest BCUT2D eigenvalue weighted by Crippen LogP contribution is 2.60. The topological polar surface area (TPSA) is 17.1 Å². The summed E-state index contributed by atoms with van der Waals surface area (Å²) in [5.41, 5.74) is 0.642. The zero-order valence-corrected chi connectivity index (χ0v) is 8.31. The van der Waals surface area contributed by atoms with E-state index in [2.05, 4.69) is 20.8 Å². The summed E-state index contributed by atoms with van der Waals surface area (Å²) in [7, 11) is 0. The van der Waals surface area contributed by atoms with Crippen LogP contribution in [0.25, 0.3) is 0 Å². The van der Waals surface area contributed by atoms with Crippen LogP contribution < -0.4 is 0 Å². The number of hydrogen-bond acceptors (Lipinski definition) is 1. The number of fused-ring (bicyclic) bond motifs is 1. The van der Waals surface area contributed by atoms with E-state index in [1.807, 2.05) is 0 Å². The molecule has 2 atom stereocenters. The average Bonchev–Trinajstić information content (AvgIpc) is 2.36. The van der Waals surface area contributed by atoms with E-state index in [1.165, 1.54) is 12.8 Å². The van der Waals surface area contributed by atoms with Crippen molar-refractivity contribution in [3.63, 3.8) is 0 Å². The van der Waals surface area contributed by atoms with Crippen molar-refractivity contribution in [3.8, 4) is 0 Å². The van der Waals surface area contributed by atoms with E-state index in [-0.39, 0.29) is 5.41 Å². The van der Waals surface area contributed by atoms with Crippen molar-refractivity contribution in [2.75, 3.05) is 0 Å². The molecule has 0 aliphatic heterocycles. The molecule has 1 nitrogen and oxygen atoms in total. The summed E-state index contributed by atoms with van der Waals surface area (Å²) in [6.45, 7) is 6.82. The minimum atomic E-state index is 0.280. The number of carbonyl (C=O) groups is 1. The Morgan fingerprint density at radius 3 is 2.42 bits per heavy atom. The second kappa shape index (κ2) is 2.12. The molecule has 0 spiro atoms. The van der Waals surface area contributed by atoms with Gasteiger partial charge in [-0.15, -0.1) is 0 Å². The maximum absolute atomic E-state index is 11.7. The second-order valence-electron chi connectivity index (χ2n) is 5.54. The summed E-state index contributed by atoms with van der Waals surface area (Å²) < 4.78 is 0. The minimum Gasteiger partial charge on any atom is -0.299 e. The molecule has 0 amide bonds. The summed E-state index contributed by atoms with van der Waals surface area (Å²) in [4.78, 5) is 11.7. The fourth-order valence-electron chi connectivity index (χ4n) is 3.49. The molecule has 2 fully saturated rings. The van der Waals surface area contributed by atoms with Gasteiger partial charge in [0, 0.05) is 12.3 Å². The number of ketones is 1. The van der Waals surface area contributed by atoms with Crippen molar-refractivity contribution >= 4 is 5.78 Å². The smallest absolute Gasteiger partial charge is 0.137 e. The van der Waals surface area contributed by atoms with E-state index >= 15 is 0 Å². The Balaban J connectivity index is 2.37. The third kappa shape index (κ3) is 0.884. The Bertz CT molecular complexity index is 229. The number of carbonyl (C=O) groups excluding carboxylic acids is 1. The Hall–Kier alpha value is -0.330. The lowest BCUT2D eigenvalue weighted by molar-refractivity contribution is -0.124. The molecule has 2 saturated carbocycles. The molecule has 0 heterocycles. The quantitative estimate of drug-likeness (QED) is 0.541. The highest BCUT2D eigenvalue weighted by Gasteiger charge is 2.56. The Labute approximate surface area is 74.5 Å². The van der Waals surface area contributed by atoms with Crippen LogP contribution in [-0.4, -0.2) is 5.78 Å². The fourth-order valence-corrected chi connectivity index (χ4v) is 3.49. The molecule has 0 aromatic heterocycles. The van der Waals surface area contributed by atoms with Crippen molar-refractivity contribution in [1.29, 1.82) is 0 Å². The van der Waals surface area contributed by atoms with Crippen molar-refractivity contribution in [3.05, 3.63) is 0 Å². The summed E-state index contributed by atoms with van der Waals surface area (Å²) in [6, 6.07) is 0. The third-order valence-corrected chi connectivity index (χ3v) is 4.08. The molecular weight excluding hydrogens is 148 g/mol. The van der Waals surface area contributed by atoms with Crippen LogP contribution in [0.2, 0.25) is 0 Å². The molecule has 0 saturated heterocycles. The molecule has 2 aliphatic carbocycles. The van der Waals surface area contributed by atoms with Gasteiger partial charge in [-0.1, -0.05) is 20.8 Å². The molecule has 0 radical (unpaired) electrons. The van der Waals surface area contributed by atoms with E-state index in [0.717, 1.165) is 12.8 Å². The molecule has 1 heteroatoms. The van der Waals surface area contributed by atoms with Crippen LogP contribution in [0, 0.1) is 16.7 Å².